The zero-order chi connectivity index (χ0) is 25.8. The number of rotatable bonds is 5. The molecule has 12 heteroatoms. The third kappa shape index (κ3) is 5.31. The Kier molecular flexibility index (Phi) is 7.51. The van der Waals surface area contributed by atoms with Crippen LogP contribution in [0.25, 0.3) is 0 Å². The average Bonchev–Trinajstić information content (AvgIpc) is 3.39. The number of carbonyl (C=O) groups is 3. The van der Waals surface area contributed by atoms with Gasteiger partial charge in [-0.1, -0.05) is 0 Å². The van der Waals surface area contributed by atoms with Crippen molar-refractivity contribution in [3.63, 3.8) is 0 Å². The molecule has 36 heavy (non-hydrogen) atoms. The molecule has 2 fully saturated rings. The first-order valence-electron chi connectivity index (χ1n) is 12.0. The summed E-state index contributed by atoms with van der Waals surface area (Å²) in [5.74, 6) is -1.06. The maximum Gasteiger partial charge on any atom is 0.433 e. The summed E-state index contributed by atoms with van der Waals surface area (Å²) in [5.41, 5.74) is 2.06. The molecule has 4 heterocycles. The Morgan fingerprint density at radius 1 is 1.00 bits per heavy atom. The molecule has 2 saturated heterocycles. The summed E-state index contributed by atoms with van der Waals surface area (Å²) in [4.78, 5) is 57.9. The standard InChI is InChI=1S/C24H29N5O7/c1-3-35-24(32)28-14-12-27(13-15-28)22(30)18-5-4-16(2)25-21(18)17-8-10-26(11-9-17)23(31)19-6-7-20(36-19)29(33)34/h4-7,17H,3,8-15H2,1-2H3. The minimum atomic E-state index is -0.679. The number of likely N-dealkylation sites (tertiary alicyclic amines) is 1. The lowest BCUT2D eigenvalue weighted by Gasteiger charge is -2.35. The maximum absolute atomic E-state index is 13.4. The third-order valence-electron chi connectivity index (χ3n) is 6.54. The Labute approximate surface area is 207 Å². The Balaban J connectivity index is 1.41. The summed E-state index contributed by atoms with van der Waals surface area (Å²) in [6.07, 6.45) is 0.830. The maximum atomic E-state index is 13.4. The molecule has 0 spiro atoms. The van der Waals surface area contributed by atoms with Crippen LogP contribution in [0.3, 0.4) is 0 Å². The Morgan fingerprint density at radius 2 is 1.64 bits per heavy atom. The largest absolute Gasteiger partial charge is 0.450 e. The number of nitrogens with zero attached hydrogens (tertiary/aromatic N) is 5. The highest BCUT2D eigenvalue weighted by Gasteiger charge is 2.32. The predicted octanol–water partition coefficient (Wildman–Crippen LogP) is 2.83. The molecule has 0 N–H and O–H groups in total. The van der Waals surface area contributed by atoms with Crippen LogP contribution in [0.2, 0.25) is 0 Å². The second kappa shape index (κ2) is 10.8. The molecule has 2 aliphatic rings. The second-order valence-electron chi connectivity index (χ2n) is 8.83. The predicted molar refractivity (Wildman–Crippen MR) is 127 cm³/mol. The van der Waals surface area contributed by atoms with E-state index >= 15 is 0 Å². The minimum Gasteiger partial charge on any atom is -0.450 e. The van der Waals surface area contributed by atoms with Gasteiger partial charge in [-0.2, -0.15) is 0 Å². The topological polar surface area (TPSA) is 139 Å². The summed E-state index contributed by atoms with van der Waals surface area (Å²) in [6.45, 7) is 6.40. The number of nitro groups is 1. The smallest absolute Gasteiger partial charge is 0.433 e. The summed E-state index contributed by atoms with van der Waals surface area (Å²) in [6, 6.07) is 6.10. The van der Waals surface area contributed by atoms with Crippen LogP contribution >= 0.6 is 0 Å². The number of piperidine rings is 1. The third-order valence-corrected chi connectivity index (χ3v) is 6.54. The van der Waals surface area contributed by atoms with E-state index in [1.54, 1.807) is 27.7 Å². The van der Waals surface area contributed by atoms with Gasteiger partial charge < -0.3 is 23.9 Å². The number of hydrogen-bond donors (Lipinski definition) is 0. The van der Waals surface area contributed by atoms with Crippen LogP contribution in [-0.4, -0.2) is 88.4 Å². The van der Waals surface area contributed by atoms with E-state index in [0.29, 0.717) is 70.0 Å². The van der Waals surface area contributed by atoms with E-state index in [0.717, 1.165) is 5.69 Å². The van der Waals surface area contributed by atoms with Gasteiger partial charge in [0.2, 0.25) is 0 Å². The monoisotopic (exact) mass is 499 g/mol. The van der Waals surface area contributed by atoms with Crippen molar-refractivity contribution in [3.05, 3.63) is 57.1 Å². The molecule has 0 bridgehead atoms. The van der Waals surface area contributed by atoms with Crippen molar-refractivity contribution in [2.45, 2.75) is 32.6 Å². The van der Waals surface area contributed by atoms with E-state index < -0.39 is 16.7 Å². The number of aryl methyl sites for hydroxylation is 1. The zero-order valence-electron chi connectivity index (χ0n) is 20.3. The normalized spacial score (nSPS) is 16.7. The number of piperazine rings is 1. The van der Waals surface area contributed by atoms with Crippen LogP contribution in [-0.2, 0) is 4.74 Å². The van der Waals surface area contributed by atoms with Crippen molar-refractivity contribution in [1.82, 2.24) is 19.7 Å². The molecule has 2 aromatic rings. The van der Waals surface area contributed by atoms with Gasteiger partial charge in [0.1, 0.15) is 4.92 Å². The van der Waals surface area contributed by atoms with Gasteiger partial charge in [0.25, 0.3) is 11.8 Å². The number of furan rings is 1. The minimum absolute atomic E-state index is 0.0142. The molecule has 0 saturated carbocycles. The fourth-order valence-corrected chi connectivity index (χ4v) is 4.60. The molecule has 12 nitrogen and oxygen atoms in total. The van der Waals surface area contributed by atoms with Crippen LogP contribution in [0.1, 0.15) is 58.0 Å². The van der Waals surface area contributed by atoms with Crippen molar-refractivity contribution in [2.75, 3.05) is 45.9 Å². The summed E-state index contributed by atoms with van der Waals surface area (Å²) in [5, 5.41) is 10.8. The highest BCUT2D eigenvalue weighted by atomic mass is 16.6. The molecular weight excluding hydrogens is 470 g/mol. The highest BCUT2D eigenvalue weighted by molar-refractivity contribution is 5.96. The molecule has 2 aliphatic heterocycles. The molecule has 2 aromatic heterocycles. The van der Waals surface area contributed by atoms with Crippen LogP contribution in [0.15, 0.2) is 28.7 Å². The van der Waals surface area contributed by atoms with Crippen molar-refractivity contribution >= 4 is 23.8 Å². The molecule has 0 atom stereocenters. The van der Waals surface area contributed by atoms with Crippen molar-refractivity contribution < 1.29 is 28.5 Å². The zero-order valence-corrected chi connectivity index (χ0v) is 20.3. The average molecular weight is 500 g/mol. The molecule has 0 aromatic carbocycles. The van der Waals surface area contributed by atoms with Crippen LogP contribution in [0.4, 0.5) is 10.7 Å². The summed E-state index contributed by atoms with van der Waals surface area (Å²) >= 11 is 0. The van der Waals surface area contributed by atoms with E-state index in [2.05, 4.69) is 0 Å². The molecule has 0 unspecified atom stereocenters. The van der Waals surface area contributed by atoms with Crippen molar-refractivity contribution in [1.29, 1.82) is 0 Å². The van der Waals surface area contributed by atoms with E-state index in [1.807, 2.05) is 13.0 Å². The number of amides is 3. The fourth-order valence-electron chi connectivity index (χ4n) is 4.60. The molecule has 0 aliphatic carbocycles. The molecule has 4 rings (SSSR count). The van der Waals surface area contributed by atoms with Crippen LogP contribution in [0.5, 0.6) is 0 Å². The van der Waals surface area contributed by atoms with Gasteiger partial charge in [-0.25, -0.2) is 4.79 Å². The van der Waals surface area contributed by atoms with Gasteiger partial charge in [0.15, 0.2) is 5.76 Å². The summed E-state index contributed by atoms with van der Waals surface area (Å²) in [7, 11) is 0. The van der Waals surface area contributed by atoms with E-state index in [1.165, 1.54) is 12.1 Å². The Hall–Kier alpha value is -3.96. The van der Waals surface area contributed by atoms with Gasteiger partial charge >= 0.3 is 12.0 Å². The number of hydrogen-bond acceptors (Lipinski definition) is 8. The van der Waals surface area contributed by atoms with Gasteiger partial charge in [-0.15, -0.1) is 0 Å². The van der Waals surface area contributed by atoms with Crippen LogP contribution in [0, 0.1) is 17.0 Å². The van der Waals surface area contributed by atoms with Gasteiger partial charge in [0, 0.05) is 50.9 Å². The number of aromatic nitrogens is 1. The van der Waals surface area contributed by atoms with Gasteiger partial charge in [0.05, 0.1) is 23.9 Å². The van der Waals surface area contributed by atoms with Crippen LogP contribution < -0.4 is 0 Å². The SMILES string of the molecule is CCOC(=O)N1CCN(C(=O)c2ccc(C)nc2C2CCN(C(=O)c3ccc([N+](=O)[O-])o3)CC2)CC1. The fraction of sp³-hybridized carbons (Fsp3) is 0.500. The molecule has 192 valence electrons. The molecule has 0 radical (unpaired) electrons. The van der Waals surface area contributed by atoms with E-state index in [4.69, 9.17) is 14.1 Å². The molecular formula is C24H29N5O7. The number of carbonyl (C=O) groups excluding carboxylic acids is 3. The first kappa shape index (κ1) is 25.1. The highest BCUT2D eigenvalue weighted by Crippen LogP contribution is 2.31. The Morgan fingerprint density at radius 3 is 2.25 bits per heavy atom. The lowest BCUT2D eigenvalue weighted by atomic mass is 9.89. The number of pyridine rings is 1. The first-order valence-corrected chi connectivity index (χ1v) is 12.0. The summed E-state index contributed by atoms with van der Waals surface area (Å²) < 4.78 is 10.1. The lowest BCUT2D eigenvalue weighted by molar-refractivity contribution is -0.402. The van der Waals surface area contributed by atoms with E-state index in [-0.39, 0.29) is 23.7 Å². The van der Waals surface area contributed by atoms with Crippen molar-refractivity contribution in [2.24, 2.45) is 0 Å². The first-order chi connectivity index (χ1) is 17.3. The molecule has 3 amide bonds. The Bertz CT molecular complexity index is 1150. The lowest BCUT2D eigenvalue weighted by Crippen LogP contribution is -2.51. The second-order valence-corrected chi connectivity index (χ2v) is 8.83. The van der Waals surface area contributed by atoms with Crippen molar-refractivity contribution in [3.8, 4) is 0 Å². The van der Waals surface area contributed by atoms with Gasteiger partial charge in [-0.05, 0) is 44.9 Å². The van der Waals surface area contributed by atoms with E-state index in [9.17, 15) is 24.5 Å². The van der Waals surface area contributed by atoms with Gasteiger partial charge in [-0.3, -0.25) is 24.7 Å². The number of ether oxygens (including phenoxy) is 1. The quantitative estimate of drug-likeness (QED) is 0.452.